The average molecular weight is 814 g/mol. The molecule has 4 atom stereocenters. The minimum Gasteiger partial charge on any atom is -0.471 e. The average Bonchev–Trinajstić information content (AvgIpc) is 3.53. The monoisotopic (exact) mass is 813 g/mol. The fraction of sp³-hybridized carbons (Fsp3) is 0.686. The van der Waals surface area contributed by atoms with E-state index in [-0.39, 0.29) is 39.3 Å². The molecule has 1 unspecified atom stereocenters. The number of rotatable bonds is 13. The van der Waals surface area contributed by atoms with Crippen molar-refractivity contribution in [1.29, 1.82) is 0 Å². The molecular formula is C35H60FN5O8SSi3. The Balaban J connectivity index is 1.78. The highest BCUT2D eigenvalue weighted by Gasteiger charge is 2.55. The van der Waals surface area contributed by atoms with Crippen LogP contribution in [0.2, 0.25) is 54.4 Å². The number of nitrogen functional groups attached to an aromatic ring is 1. The molecule has 1 aliphatic rings. The number of nitrogens with zero attached hydrogens (tertiary/aromatic N) is 4. The van der Waals surface area contributed by atoms with Crippen molar-refractivity contribution in [3.05, 3.63) is 36.2 Å². The highest BCUT2D eigenvalue weighted by atomic mass is 32.3. The molecule has 3 aromatic rings. The van der Waals surface area contributed by atoms with Gasteiger partial charge in [-0.1, -0.05) is 78.3 Å². The molecule has 2 aromatic heterocycles. The van der Waals surface area contributed by atoms with E-state index in [1.807, 2.05) is 4.57 Å². The summed E-state index contributed by atoms with van der Waals surface area (Å²) < 4.78 is 75.2. The second kappa shape index (κ2) is 14.9. The highest BCUT2D eigenvalue weighted by molar-refractivity contribution is 7.81. The molecular weight excluding hydrogens is 754 g/mol. The molecule has 1 fully saturated rings. The minimum absolute atomic E-state index is 0.00587. The topological polar surface area (TPSA) is 159 Å². The van der Waals surface area contributed by atoms with E-state index in [0.717, 1.165) is 0 Å². The van der Waals surface area contributed by atoms with Crippen molar-refractivity contribution in [3.8, 4) is 11.6 Å². The quantitative estimate of drug-likeness (QED) is 0.130. The Morgan fingerprint density at radius 1 is 0.830 bits per heavy atom. The number of ether oxygens (including phenoxy) is 2. The smallest absolute Gasteiger partial charge is 0.471 e. The van der Waals surface area contributed by atoms with E-state index in [0.29, 0.717) is 23.3 Å². The molecule has 0 spiro atoms. The zero-order valence-corrected chi connectivity index (χ0v) is 37.8. The summed E-state index contributed by atoms with van der Waals surface area (Å²) in [6.07, 6.45) is -0.498. The summed E-state index contributed by atoms with van der Waals surface area (Å²) in [4.78, 5) is 13.6. The van der Waals surface area contributed by atoms with Crippen molar-refractivity contribution < 1.29 is 39.2 Å². The van der Waals surface area contributed by atoms with E-state index in [4.69, 9.17) is 28.5 Å². The maximum Gasteiger partial charge on any atom is 0.488 e. The number of fused-ring (bicyclic) bond motifs is 1. The fourth-order valence-corrected chi connectivity index (χ4v) is 8.94. The van der Waals surface area contributed by atoms with Crippen molar-refractivity contribution in [2.75, 3.05) is 12.3 Å². The lowest BCUT2D eigenvalue weighted by Crippen LogP contribution is -2.54. The van der Waals surface area contributed by atoms with Gasteiger partial charge in [-0.3, -0.25) is 4.57 Å². The lowest BCUT2D eigenvalue weighted by Gasteiger charge is -2.44. The van der Waals surface area contributed by atoms with Gasteiger partial charge in [-0.2, -0.15) is 18.4 Å². The maximum absolute atomic E-state index is 13.0. The van der Waals surface area contributed by atoms with Crippen LogP contribution in [0.4, 0.5) is 9.83 Å². The molecule has 0 bridgehead atoms. The number of hydrogen-bond donors (Lipinski definition) is 1. The first-order valence-electron chi connectivity index (χ1n) is 17.9. The van der Waals surface area contributed by atoms with E-state index in [9.17, 15) is 12.3 Å². The van der Waals surface area contributed by atoms with Gasteiger partial charge in [0.15, 0.2) is 42.3 Å². The predicted octanol–water partition coefficient (Wildman–Crippen LogP) is 8.28. The number of benzene rings is 1. The SMILES string of the molecule is CC(C)(C)[Si](C)(C)OC[C@H]1O[C@@H](n2cnc3c(OCc4ccc(OS(=O)(=O)F)cc4)nc(N)nc32)[C@@H](O[Si](C)(C)C(C)(C)C)C1O[Si](C)(C)C(C)(C)C. The molecule has 3 heterocycles. The van der Waals surface area contributed by atoms with E-state index < -0.39 is 60.0 Å². The fourth-order valence-electron chi connectivity index (χ4n) is 4.98. The van der Waals surface area contributed by atoms with Crippen LogP contribution in [0.5, 0.6) is 11.6 Å². The molecule has 0 saturated carbocycles. The number of imidazole rings is 1. The molecule has 298 valence electrons. The first-order chi connectivity index (χ1) is 23.9. The Hall–Kier alpha value is -2.46. The van der Waals surface area contributed by atoms with Gasteiger partial charge in [-0.25, -0.2) is 4.98 Å². The number of hydrogen-bond acceptors (Lipinski definition) is 12. The van der Waals surface area contributed by atoms with Gasteiger partial charge in [-0.15, -0.1) is 0 Å². The Labute approximate surface area is 318 Å². The van der Waals surface area contributed by atoms with Crippen LogP contribution in [0.1, 0.15) is 74.1 Å². The molecule has 1 saturated heterocycles. The molecule has 13 nitrogen and oxygen atoms in total. The van der Waals surface area contributed by atoms with Gasteiger partial charge in [0, 0.05) is 0 Å². The molecule has 2 N–H and O–H groups in total. The number of anilines is 1. The van der Waals surface area contributed by atoms with Crippen LogP contribution >= 0.6 is 0 Å². The van der Waals surface area contributed by atoms with Crippen LogP contribution in [0.3, 0.4) is 0 Å². The summed E-state index contributed by atoms with van der Waals surface area (Å²) in [7, 11) is -12.1. The van der Waals surface area contributed by atoms with Crippen LogP contribution in [0.25, 0.3) is 11.2 Å². The Morgan fingerprint density at radius 3 is 1.87 bits per heavy atom. The maximum atomic E-state index is 13.0. The van der Waals surface area contributed by atoms with Crippen molar-refractivity contribution >= 4 is 52.6 Å². The molecule has 18 heteroatoms. The largest absolute Gasteiger partial charge is 0.488 e. The zero-order chi connectivity index (χ0) is 40.2. The predicted molar refractivity (Wildman–Crippen MR) is 212 cm³/mol. The minimum atomic E-state index is -5.14. The van der Waals surface area contributed by atoms with Gasteiger partial charge in [0.25, 0.3) is 0 Å². The van der Waals surface area contributed by atoms with E-state index >= 15 is 0 Å². The van der Waals surface area contributed by atoms with Gasteiger partial charge >= 0.3 is 10.5 Å². The zero-order valence-electron chi connectivity index (χ0n) is 34.0. The number of nitrogens with two attached hydrogens (primary N) is 1. The third-order valence-corrected chi connectivity index (χ3v) is 25.2. The van der Waals surface area contributed by atoms with Crippen LogP contribution < -0.4 is 14.7 Å². The summed E-state index contributed by atoms with van der Waals surface area (Å²) >= 11 is 0. The third kappa shape index (κ3) is 10.1. The van der Waals surface area contributed by atoms with Crippen LogP contribution in [0.15, 0.2) is 30.6 Å². The van der Waals surface area contributed by atoms with Crippen molar-refractivity contribution in [2.24, 2.45) is 0 Å². The number of halogens is 1. The second-order valence-corrected chi connectivity index (χ2v) is 33.7. The van der Waals surface area contributed by atoms with E-state index in [1.165, 1.54) is 12.1 Å². The molecule has 0 radical (unpaired) electrons. The Kier molecular flexibility index (Phi) is 12.2. The third-order valence-electron chi connectivity index (χ3n) is 11.3. The van der Waals surface area contributed by atoms with Crippen molar-refractivity contribution in [2.45, 2.75) is 148 Å². The van der Waals surface area contributed by atoms with Gasteiger partial charge in [-0.05, 0) is 72.1 Å². The molecule has 1 aliphatic heterocycles. The van der Waals surface area contributed by atoms with E-state index in [2.05, 4.69) is 121 Å². The molecule has 4 rings (SSSR count). The highest BCUT2D eigenvalue weighted by Crippen LogP contribution is 2.47. The van der Waals surface area contributed by atoms with Crippen LogP contribution in [-0.4, -0.2) is 77.8 Å². The molecule has 0 amide bonds. The standard InChI is InChI=1S/C35H60FN5O8SSi3/c1-33(2,3)51(10,11)45-21-25-27(48-52(12,13)34(4,5)6)28(49-53(14,15)35(7,8)9)31(46-25)41-22-38-26-29(41)39-32(37)40-30(26)44-20-23-16-18-24(19-17-23)47-50(36,42)43/h16-19,22,25,27-28,31H,20-21H2,1-15H3,(H2,37,39,40)/t25-,27?,28+,31-/m1/s1. The van der Waals surface area contributed by atoms with Crippen molar-refractivity contribution in [3.63, 3.8) is 0 Å². The van der Waals surface area contributed by atoms with Crippen LogP contribution in [-0.2, 0) is 35.1 Å². The summed E-state index contributed by atoms with van der Waals surface area (Å²) in [5.74, 6) is -0.0545. The van der Waals surface area contributed by atoms with E-state index in [1.54, 1.807) is 18.5 Å². The first kappa shape index (κ1) is 43.3. The van der Waals surface area contributed by atoms with Gasteiger partial charge in [0.05, 0.1) is 12.9 Å². The molecule has 1 aromatic carbocycles. The summed E-state index contributed by atoms with van der Waals surface area (Å²) in [6.45, 7) is 33.7. The normalized spacial score (nSPS) is 21.0. The lowest BCUT2D eigenvalue weighted by molar-refractivity contribution is -0.0470. The lowest BCUT2D eigenvalue weighted by atomic mass is 10.1. The van der Waals surface area contributed by atoms with Gasteiger partial charge in [0.1, 0.15) is 30.7 Å². The van der Waals surface area contributed by atoms with Crippen LogP contribution in [0, 0.1) is 0 Å². The molecule has 0 aliphatic carbocycles. The van der Waals surface area contributed by atoms with Gasteiger partial charge in [0.2, 0.25) is 11.8 Å². The summed E-state index contributed by atoms with van der Waals surface area (Å²) in [5, 5.41) is -0.191. The summed E-state index contributed by atoms with van der Waals surface area (Å²) in [6, 6.07) is 5.74. The second-order valence-electron chi connectivity index (χ2n) is 18.4. The number of aromatic nitrogens is 4. The first-order valence-corrected chi connectivity index (χ1v) is 28.0. The molecule has 53 heavy (non-hydrogen) atoms. The van der Waals surface area contributed by atoms with Crippen molar-refractivity contribution in [1.82, 2.24) is 19.5 Å². The van der Waals surface area contributed by atoms with Gasteiger partial charge < -0.3 is 32.7 Å². The summed E-state index contributed by atoms with van der Waals surface area (Å²) in [5.41, 5.74) is 7.66. The Bertz CT molecular complexity index is 1860. The Morgan fingerprint density at radius 2 is 1.36 bits per heavy atom.